The standard InChI is InChI=1S/C13H25N3O/c1-5-12(11-8-15-16(4)9-11)14-10-13(2,3)6-7-17/h8-9,12,14,17H,5-7,10H2,1-4H3. The van der Waals surface area contributed by atoms with Gasteiger partial charge in [0.05, 0.1) is 6.20 Å². The number of nitrogens with zero attached hydrogens (tertiary/aromatic N) is 2. The van der Waals surface area contributed by atoms with Gasteiger partial charge in [0.2, 0.25) is 0 Å². The van der Waals surface area contributed by atoms with Crippen molar-refractivity contribution in [1.82, 2.24) is 15.1 Å². The summed E-state index contributed by atoms with van der Waals surface area (Å²) in [5.41, 5.74) is 1.36. The van der Waals surface area contributed by atoms with E-state index in [-0.39, 0.29) is 12.0 Å². The molecule has 1 atom stereocenters. The van der Waals surface area contributed by atoms with Gasteiger partial charge < -0.3 is 10.4 Å². The van der Waals surface area contributed by atoms with Crippen molar-refractivity contribution in [2.45, 2.75) is 39.7 Å². The molecule has 0 bridgehead atoms. The van der Waals surface area contributed by atoms with Crippen molar-refractivity contribution in [2.75, 3.05) is 13.2 Å². The van der Waals surface area contributed by atoms with Crippen LogP contribution in [-0.4, -0.2) is 28.0 Å². The lowest BCUT2D eigenvalue weighted by Crippen LogP contribution is -2.32. The van der Waals surface area contributed by atoms with Crippen molar-refractivity contribution in [1.29, 1.82) is 0 Å². The lowest BCUT2D eigenvalue weighted by molar-refractivity contribution is 0.202. The van der Waals surface area contributed by atoms with Crippen molar-refractivity contribution in [2.24, 2.45) is 12.5 Å². The van der Waals surface area contributed by atoms with E-state index in [1.807, 2.05) is 17.9 Å². The van der Waals surface area contributed by atoms with Crippen LogP contribution in [0.4, 0.5) is 0 Å². The van der Waals surface area contributed by atoms with Gasteiger partial charge in [-0.1, -0.05) is 20.8 Å². The molecule has 0 aliphatic carbocycles. The number of aryl methyl sites for hydroxylation is 1. The molecule has 17 heavy (non-hydrogen) atoms. The van der Waals surface area contributed by atoms with Crippen LogP contribution in [0.25, 0.3) is 0 Å². The fourth-order valence-corrected chi connectivity index (χ4v) is 1.91. The highest BCUT2D eigenvalue weighted by atomic mass is 16.3. The first-order chi connectivity index (χ1) is 7.98. The second-order valence-electron chi connectivity index (χ2n) is 5.43. The van der Waals surface area contributed by atoms with E-state index < -0.39 is 0 Å². The highest BCUT2D eigenvalue weighted by Crippen LogP contribution is 2.22. The van der Waals surface area contributed by atoms with Crippen molar-refractivity contribution < 1.29 is 5.11 Å². The molecule has 0 radical (unpaired) electrons. The Morgan fingerprint density at radius 3 is 2.71 bits per heavy atom. The first-order valence-electron chi connectivity index (χ1n) is 6.31. The van der Waals surface area contributed by atoms with E-state index >= 15 is 0 Å². The van der Waals surface area contributed by atoms with E-state index in [4.69, 9.17) is 5.11 Å². The van der Waals surface area contributed by atoms with Crippen LogP contribution in [0.2, 0.25) is 0 Å². The zero-order valence-corrected chi connectivity index (χ0v) is 11.4. The van der Waals surface area contributed by atoms with Gasteiger partial charge in [0.15, 0.2) is 0 Å². The molecule has 1 unspecified atom stereocenters. The molecule has 1 aromatic heterocycles. The molecular formula is C13H25N3O. The van der Waals surface area contributed by atoms with Gasteiger partial charge in [-0.2, -0.15) is 5.10 Å². The summed E-state index contributed by atoms with van der Waals surface area (Å²) in [6.45, 7) is 7.67. The third-order valence-electron chi connectivity index (χ3n) is 3.15. The molecule has 1 rings (SSSR count). The Balaban J connectivity index is 2.53. The van der Waals surface area contributed by atoms with Crippen LogP contribution in [0.1, 0.15) is 45.2 Å². The SMILES string of the molecule is CCC(NCC(C)(C)CCO)c1cnn(C)c1. The van der Waals surface area contributed by atoms with Crippen molar-refractivity contribution in [3.8, 4) is 0 Å². The first kappa shape index (κ1) is 14.2. The van der Waals surface area contributed by atoms with Crippen molar-refractivity contribution >= 4 is 0 Å². The highest BCUT2D eigenvalue weighted by molar-refractivity contribution is 5.10. The summed E-state index contributed by atoms with van der Waals surface area (Å²) in [7, 11) is 1.94. The Bertz CT molecular complexity index is 333. The average Bonchev–Trinajstić information content (AvgIpc) is 2.65. The van der Waals surface area contributed by atoms with Crippen LogP contribution >= 0.6 is 0 Å². The lowest BCUT2D eigenvalue weighted by Gasteiger charge is -2.27. The van der Waals surface area contributed by atoms with Gasteiger partial charge in [0, 0.05) is 38.0 Å². The maximum Gasteiger partial charge on any atom is 0.0537 e. The van der Waals surface area contributed by atoms with E-state index in [2.05, 4.69) is 37.4 Å². The topological polar surface area (TPSA) is 50.1 Å². The van der Waals surface area contributed by atoms with Crippen LogP contribution < -0.4 is 5.32 Å². The van der Waals surface area contributed by atoms with E-state index in [0.717, 1.165) is 19.4 Å². The predicted octanol–water partition coefficient (Wildman–Crippen LogP) is 1.87. The third-order valence-corrected chi connectivity index (χ3v) is 3.15. The maximum absolute atomic E-state index is 9.00. The van der Waals surface area contributed by atoms with Gasteiger partial charge in [0.1, 0.15) is 0 Å². The lowest BCUT2D eigenvalue weighted by atomic mass is 9.89. The summed E-state index contributed by atoms with van der Waals surface area (Å²) in [6, 6.07) is 0.349. The van der Waals surface area contributed by atoms with E-state index in [9.17, 15) is 0 Å². The van der Waals surface area contributed by atoms with E-state index in [0.29, 0.717) is 6.04 Å². The molecule has 2 N–H and O–H groups in total. The number of hydrogen-bond donors (Lipinski definition) is 2. The molecule has 0 saturated heterocycles. The first-order valence-corrected chi connectivity index (χ1v) is 6.31. The van der Waals surface area contributed by atoms with Crippen molar-refractivity contribution in [3.63, 3.8) is 0 Å². The van der Waals surface area contributed by atoms with Crippen LogP contribution in [0.15, 0.2) is 12.4 Å². The minimum absolute atomic E-state index is 0.129. The number of nitrogens with one attached hydrogen (secondary N) is 1. The summed E-state index contributed by atoms with van der Waals surface area (Å²) in [6.07, 6.45) is 5.84. The Kier molecular flexibility index (Phi) is 5.15. The molecule has 4 nitrogen and oxygen atoms in total. The fraction of sp³-hybridized carbons (Fsp3) is 0.769. The summed E-state index contributed by atoms with van der Waals surface area (Å²) >= 11 is 0. The number of aromatic nitrogens is 2. The van der Waals surface area contributed by atoms with Gasteiger partial charge in [-0.15, -0.1) is 0 Å². The highest BCUT2D eigenvalue weighted by Gasteiger charge is 2.19. The minimum atomic E-state index is 0.129. The molecule has 0 amide bonds. The maximum atomic E-state index is 9.00. The molecule has 98 valence electrons. The van der Waals surface area contributed by atoms with Gasteiger partial charge in [-0.3, -0.25) is 4.68 Å². The van der Waals surface area contributed by atoms with Gasteiger partial charge in [0.25, 0.3) is 0 Å². The molecule has 0 saturated carbocycles. The second kappa shape index (κ2) is 6.17. The smallest absolute Gasteiger partial charge is 0.0537 e. The molecule has 0 aliphatic heterocycles. The molecule has 0 aromatic carbocycles. The molecule has 0 aliphatic rings. The zero-order valence-electron chi connectivity index (χ0n) is 11.4. The van der Waals surface area contributed by atoms with E-state index in [1.54, 1.807) is 0 Å². The van der Waals surface area contributed by atoms with Crippen LogP contribution in [0.5, 0.6) is 0 Å². The third kappa shape index (κ3) is 4.48. The van der Waals surface area contributed by atoms with Gasteiger partial charge in [-0.25, -0.2) is 0 Å². The summed E-state index contributed by atoms with van der Waals surface area (Å²) in [5.74, 6) is 0. The number of aliphatic hydroxyl groups excluding tert-OH is 1. The monoisotopic (exact) mass is 239 g/mol. The molecule has 0 spiro atoms. The Hall–Kier alpha value is -0.870. The molecule has 4 heteroatoms. The van der Waals surface area contributed by atoms with Gasteiger partial charge in [-0.05, 0) is 18.3 Å². The normalized spacial score (nSPS) is 13.9. The van der Waals surface area contributed by atoms with E-state index in [1.165, 1.54) is 5.56 Å². The average molecular weight is 239 g/mol. The van der Waals surface area contributed by atoms with Gasteiger partial charge >= 0.3 is 0 Å². The Morgan fingerprint density at radius 2 is 2.24 bits per heavy atom. The molecule has 1 heterocycles. The van der Waals surface area contributed by atoms with Crippen LogP contribution in [-0.2, 0) is 7.05 Å². The predicted molar refractivity (Wildman–Crippen MR) is 69.7 cm³/mol. The Morgan fingerprint density at radius 1 is 1.53 bits per heavy atom. The zero-order chi connectivity index (χ0) is 12.9. The number of rotatable bonds is 7. The molecular weight excluding hydrogens is 214 g/mol. The fourth-order valence-electron chi connectivity index (χ4n) is 1.91. The number of hydrogen-bond acceptors (Lipinski definition) is 3. The Labute approximate surface area is 104 Å². The van der Waals surface area contributed by atoms with Crippen LogP contribution in [0.3, 0.4) is 0 Å². The summed E-state index contributed by atoms with van der Waals surface area (Å²) < 4.78 is 1.83. The minimum Gasteiger partial charge on any atom is -0.396 e. The molecule has 0 fully saturated rings. The summed E-state index contributed by atoms with van der Waals surface area (Å²) in [4.78, 5) is 0. The van der Waals surface area contributed by atoms with Crippen molar-refractivity contribution in [3.05, 3.63) is 18.0 Å². The quantitative estimate of drug-likeness (QED) is 0.763. The number of aliphatic hydroxyl groups is 1. The summed E-state index contributed by atoms with van der Waals surface area (Å²) in [5, 5.41) is 16.8. The second-order valence-corrected chi connectivity index (χ2v) is 5.43. The largest absolute Gasteiger partial charge is 0.396 e. The van der Waals surface area contributed by atoms with Crippen LogP contribution in [0, 0.1) is 5.41 Å². The molecule has 1 aromatic rings.